The molecule has 3 rings (SSSR count). The highest BCUT2D eigenvalue weighted by atomic mass is 19.2. The van der Waals surface area contributed by atoms with Gasteiger partial charge in [-0.15, -0.1) is 0 Å². The average Bonchev–Trinajstić information content (AvgIpc) is 3.06. The van der Waals surface area contributed by atoms with E-state index in [-0.39, 0.29) is 18.9 Å². The zero-order valence-corrected chi connectivity index (χ0v) is 12.5. The van der Waals surface area contributed by atoms with Gasteiger partial charge >= 0.3 is 0 Å². The summed E-state index contributed by atoms with van der Waals surface area (Å²) in [6.45, 7) is -0.0634. The van der Waals surface area contributed by atoms with E-state index in [0.717, 1.165) is 0 Å². The van der Waals surface area contributed by atoms with Gasteiger partial charge in [0.25, 0.3) is 11.9 Å². The number of benzene rings is 1. The quantitative estimate of drug-likeness (QED) is 0.553. The summed E-state index contributed by atoms with van der Waals surface area (Å²) in [5, 5.41) is 2.27. The van der Waals surface area contributed by atoms with Crippen LogP contribution < -0.4 is 5.32 Å². The molecule has 0 aliphatic rings. The maximum atomic E-state index is 13.5. The van der Waals surface area contributed by atoms with E-state index >= 15 is 0 Å². The molecule has 0 unspecified atom stereocenters. The van der Waals surface area contributed by atoms with Crippen LogP contribution in [0, 0.1) is 29.3 Å². The highest BCUT2D eigenvalue weighted by molar-refractivity contribution is 5.52. The Bertz CT molecular complexity index is 869. The highest BCUT2D eigenvalue weighted by Crippen LogP contribution is 2.22. The number of oxazole rings is 1. The van der Waals surface area contributed by atoms with E-state index in [1.54, 1.807) is 0 Å². The monoisotopic (exact) mass is 355 g/mol. The summed E-state index contributed by atoms with van der Waals surface area (Å²) in [6, 6.07) is 5.46. The van der Waals surface area contributed by atoms with Crippen LogP contribution in [0.5, 0.6) is 0 Å². The smallest absolute Gasteiger partial charge is 0.253 e. The zero-order chi connectivity index (χ0) is 18.0. The van der Waals surface area contributed by atoms with Gasteiger partial charge in [0.1, 0.15) is 17.8 Å². The molecule has 0 bridgehead atoms. The first-order valence-electron chi connectivity index (χ1n) is 7.10. The number of halogens is 5. The van der Waals surface area contributed by atoms with Crippen LogP contribution in [0.2, 0.25) is 0 Å². The molecule has 0 aliphatic heterocycles. The standard InChI is InChI=1S/C16H10F5N3O/c17-9-3-1-8(2-4-9)16-23-10(7-25-16)5-6-22-13-11(18)14(20)24-15(21)12(13)19/h1-4,7H,5-6H2,(H,22,24). The molecule has 0 saturated carbocycles. The van der Waals surface area contributed by atoms with Crippen molar-refractivity contribution in [3.63, 3.8) is 0 Å². The van der Waals surface area contributed by atoms with E-state index < -0.39 is 35.0 Å². The third-order valence-corrected chi connectivity index (χ3v) is 3.32. The molecule has 2 aromatic heterocycles. The molecular weight excluding hydrogens is 345 g/mol. The lowest BCUT2D eigenvalue weighted by molar-refractivity contribution is 0.410. The third kappa shape index (κ3) is 3.59. The lowest BCUT2D eigenvalue weighted by Gasteiger charge is -2.08. The Labute approximate surface area is 138 Å². The summed E-state index contributed by atoms with van der Waals surface area (Å²) >= 11 is 0. The van der Waals surface area contributed by atoms with Crippen molar-refractivity contribution in [1.29, 1.82) is 0 Å². The number of pyridine rings is 1. The Morgan fingerprint density at radius 2 is 1.52 bits per heavy atom. The number of anilines is 1. The Morgan fingerprint density at radius 1 is 0.880 bits per heavy atom. The fourth-order valence-electron chi connectivity index (χ4n) is 2.10. The zero-order valence-electron chi connectivity index (χ0n) is 12.5. The van der Waals surface area contributed by atoms with Crippen LogP contribution in [0.25, 0.3) is 11.5 Å². The molecule has 0 atom stereocenters. The maximum Gasteiger partial charge on any atom is 0.253 e. The molecule has 0 fully saturated rings. The maximum absolute atomic E-state index is 13.5. The Hall–Kier alpha value is -2.97. The van der Waals surface area contributed by atoms with Gasteiger partial charge in [0.2, 0.25) is 17.5 Å². The Balaban J connectivity index is 1.67. The first kappa shape index (κ1) is 16.9. The van der Waals surface area contributed by atoms with Gasteiger partial charge in [-0.1, -0.05) is 0 Å². The Morgan fingerprint density at radius 3 is 2.16 bits per heavy atom. The first-order chi connectivity index (χ1) is 12.0. The van der Waals surface area contributed by atoms with Gasteiger partial charge in [0.15, 0.2) is 0 Å². The van der Waals surface area contributed by atoms with Gasteiger partial charge in [-0.05, 0) is 24.3 Å². The molecule has 0 amide bonds. The number of nitrogens with zero attached hydrogens (tertiary/aromatic N) is 2. The fraction of sp³-hybridized carbons (Fsp3) is 0.125. The summed E-state index contributed by atoms with van der Waals surface area (Å²) in [4.78, 5) is 6.61. The van der Waals surface area contributed by atoms with Crippen LogP contribution in [0.3, 0.4) is 0 Å². The van der Waals surface area contributed by atoms with E-state index in [9.17, 15) is 22.0 Å². The minimum absolute atomic E-state index is 0.0634. The number of hydrogen-bond donors (Lipinski definition) is 1. The predicted molar refractivity (Wildman–Crippen MR) is 78.2 cm³/mol. The number of aromatic nitrogens is 2. The molecule has 0 saturated heterocycles. The number of nitrogens with one attached hydrogen (secondary N) is 1. The lowest BCUT2D eigenvalue weighted by atomic mass is 10.2. The van der Waals surface area contributed by atoms with Gasteiger partial charge in [0.05, 0.1) is 5.69 Å². The minimum Gasteiger partial charge on any atom is -0.444 e. The second-order valence-corrected chi connectivity index (χ2v) is 5.02. The second kappa shape index (κ2) is 6.88. The van der Waals surface area contributed by atoms with Gasteiger partial charge < -0.3 is 9.73 Å². The molecule has 0 radical (unpaired) electrons. The lowest BCUT2D eigenvalue weighted by Crippen LogP contribution is -2.12. The van der Waals surface area contributed by atoms with Crippen LogP contribution in [-0.4, -0.2) is 16.5 Å². The summed E-state index contributed by atoms with van der Waals surface area (Å²) in [6.07, 6.45) is 1.48. The molecule has 4 nitrogen and oxygen atoms in total. The van der Waals surface area contributed by atoms with Crippen molar-refractivity contribution in [1.82, 2.24) is 9.97 Å². The van der Waals surface area contributed by atoms with E-state index in [4.69, 9.17) is 4.42 Å². The van der Waals surface area contributed by atoms with E-state index in [2.05, 4.69) is 15.3 Å². The van der Waals surface area contributed by atoms with E-state index in [1.165, 1.54) is 30.5 Å². The molecule has 2 heterocycles. The number of hydrogen-bond acceptors (Lipinski definition) is 4. The third-order valence-electron chi connectivity index (χ3n) is 3.32. The van der Waals surface area contributed by atoms with Crippen molar-refractivity contribution in [2.75, 3.05) is 11.9 Å². The van der Waals surface area contributed by atoms with E-state index in [0.29, 0.717) is 11.3 Å². The van der Waals surface area contributed by atoms with Crippen molar-refractivity contribution >= 4 is 5.69 Å². The SMILES string of the molecule is Fc1ccc(-c2nc(CCNc3c(F)c(F)nc(F)c3F)co2)cc1. The highest BCUT2D eigenvalue weighted by Gasteiger charge is 2.20. The van der Waals surface area contributed by atoms with Crippen molar-refractivity contribution in [3.8, 4) is 11.5 Å². The van der Waals surface area contributed by atoms with Crippen LogP contribution in [0.4, 0.5) is 27.6 Å². The van der Waals surface area contributed by atoms with E-state index in [1.807, 2.05) is 0 Å². The molecule has 0 aliphatic carbocycles. The topological polar surface area (TPSA) is 51.0 Å². The molecule has 1 aromatic carbocycles. The summed E-state index contributed by atoms with van der Waals surface area (Å²) < 4.78 is 71.0. The Kier molecular flexibility index (Phi) is 4.64. The van der Waals surface area contributed by atoms with Gasteiger partial charge in [0, 0.05) is 18.5 Å². The minimum atomic E-state index is -1.73. The van der Waals surface area contributed by atoms with Crippen molar-refractivity contribution in [3.05, 3.63) is 65.6 Å². The second-order valence-electron chi connectivity index (χ2n) is 5.02. The van der Waals surface area contributed by atoms with Crippen molar-refractivity contribution < 1.29 is 26.4 Å². The molecule has 25 heavy (non-hydrogen) atoms. The summed E-state index contributed by atoms with van der Waals surface area (Å²) in [5.41, 5.74) is 0.0471. The molecule has 1 N–H and O–H groups in total. The molecule has 130 valence electrons. The van der Waals surface area contributed by atoms with Crippen LogP contribution in [-0.2, 0) is 6.42 Å². The molecular formula is C16H10F5N3O. The molecule has 3 aromatic rings. The van der Waals surface area contributed by atoms with Crippen molar-refractivity contribution in [2.45, 2.75) is 6.42 Å². The number of rotatable bonds is 5. The fourth-order valence-corrected chi connectivity index (χ4v) is 2.10. The van der Waals surface area contributed by atoms with Crippen LogP contribution >= 0.6 is 0 Å². The first-order valence-corrected chi connectivity index (χ1v) is 7.10. The molecule has 0 spiro atoms. The average molecular weight is 355 g/mol. The summed E-state index contributed by atoms with van der Waals surface area (Å²) in [7, 11) is 0. The normalized spacial score (nSPS) is 10.9. The van der Waals surface area contributed by atoms with Crippen molar-refractivity contribution in [2.24, 2.45) is 0 Å². The van der Waals surface area contributed by atoms with Gasteiger partial charge in [-0.3, -0.25) is 0 Å². The van der Waals surface area contributed by atoms with Gasteiger partial charge in [-0.2, -0.15) is 22.5 Å². The molecule has 9 heteroatoms. The van der Waals surface area contributed by atoms with Crippen LogP contribution in [0.15, 0.2) is 34.9 Å². The van der Waals surface area contributed by atoms with Gasteiger partial charge in [-0.25, -0.2) is 9.37 Å². The largest absolute Gasteiger partial charge is 0.444 e. The predicted octanol–water partition coefficient (Wildman–Crippen LogP) is 4.09. The van der Waals surface area contributed by atoms with Crippen LogP contribution in [0.1, 0.15) is 5.69 Å². The summed E-state index contributed by atoms with van der Waals surface area (Å²) in [5.74, 6) is -6.84.